The molecule has 0 aliphatic heterocycles. The van der Waals surface area contributed by atoms with Gasteiger partial charge in [0.1, 0.15) is 6.07 Å². The molecule has 5 nitrogen and oxygen atoms in total. The van der Waals surface area contributed by atoms with Gasteiger partial charge >= 0.3 is 0 Å². The van der Waals surface area contributed by atoms with Crippen LogP contribution < -0.4 is 5.32 Å². The van der Waals surface area contributed by atoms with Crippen molar-refractivity contribution in [3.8, 4) is 6.07 Å². The van der Waals surface area contributed by atoms with E-state index in [-0.39, 0.29) is 5.91 Å². The number of pyridine rings is 1. The Bertz CT molecular complexity index is 409. The number of amides is 1. The highest BCUT2D eigenvalue weighted by atomic mass is 16.1. The molecule has 0 unspecified atom stereocenters. The van der Waals surface area contributed by atoms with Gasteiger partial charge in [0.15, 0.2) is 0 Å². The first-order chi connectivity index (χ1) is 7.63. The van der Waals surface area contributed by atoms with Crippen molar-refractivity contribution in [2.45, 2.75) is 0 Å². The van der Waals surface area contributed by atoms with Gasteiger partial charge in [-0.05, 0) is 20.2 Å². The van der Waals surface area contributed by atoms with Crippen LogP contribution in [-0.2, 0) is 0 Å². The Labute approximate surface area is 94.7 Å². The maximum absolute atomic E-state index is 11.6. The van der Waals surface area contributed by atoms with Crippen molar-refractivity contribution in [1.29, 1.82) is 5.26 Å². The lowest BCUT2D eigenvalue weighted by atomic mass is 10.2. The van der Waals surface area contributed by atoms with Gasteiger partial charge in [-0.25, -0.2) is 0 Å². The number of likely N-dealkylation sites (N-methyl/N-ethyl adjacent to an activating group) is 1. The van der Waals surface area contributed by atoms with E-state index in [1.807, 2.05) is 25.1 Å². The van der Waals surface area contributed by atoms with Gasteiger partial charge in [-0.1, -0.05) is 0 Å². The van der Waals surface area contributed by atoms with Gasteiger partial charge in [0.05, 0.1) is 11.1 Å². The molecule has 0 saturated heterocycles. The van der Waals surface area contributed by atoms with Crippen molar-refractivity contribution in [1.82, 2.24) is 15.2 Å². The summed E-state index contributed by atoms with van der Waals surface area (Å²) in [5.74, 6) is -0.202. The highest BCUT2D eigenvalue weighted by molar-refractivity contribution is 5.94. The van der Waals surface area contributed by atoms with Crippen LogP contribution >= 0.6 is 0 Å². The topological polar surface area (TPSA) is 69.0 Å². The average molecular weight is 218 g/mol. The summed E-state index contributed by atoms with van der Waals surface area (Å²) in [4.78, 5) is 17.4. The Balaban J connectivity index is 2.56. The van der Waals surface area contributed by atoms with Gasteiger partial charge in [-0.15, -0.1) is 0 Å². The van der Waals surface area contributed by atoms with Gasteiger partial charge in [-0.2, -0.15) is 5.26 Å². The van der Waals surface area contributed by atoms with Crippen LogP contribution in [0.15, 0.2) is 18.5 Å². The first kappa shape index (κ1) is 12.1. The summed E-state index contributed by atoms with van der Waals surface area (Å²) < 4.78 is 0. The largest absolute Gasteiger partial charge is 0.351 e. The van der Waals surface area contributed by atoms with Crippen LogP contribution in [0.25, 0.3) is 0 Å². The number of hydrogen-bond donors (Lipinski definition) is 1. The van der Waals surface area contributed by atoms with Crippen LogP contribution in [-0.4, -0.2) is 43.0 Å². The fourth-order valence-corrected chi connectivity index (χ4v) is 1.12. The first-order valence-corrected chi connectivity index (χ1v) is 4.91. The van der Waals surface area contributed by atoms with Gasteiger partial charge in [-0.3, -0.25) is 9.78 Å². The fourth-order valence-electron chi connectivity index (χ4n) is 1.12. The molecule has 0 aliphatic rings. The Kier molecular flexibility index (Phi) is 4.42. The zero-order valence-corrected chi connectivity index (χ0v) is 9.40. The van der Waals surface area contributed by atoms with Crippen LogP contribution in [0, 0.1) is 11.3 Å². The summed E-state index contributed by atoms with van der Waals surface area (Å²) in [6.45, 7) is 1.35. The van der Waals surface area contributed by atoms with Crippen molar-refractivity contribution in [3.63, 3.8) is 0 Å². The van der Waals surface area contributed by atoms with Crippen LogP contribution in [0.2, 0.25) is 0 Å². The van der Waals surface area contributed by atoms with Crippen molar-refractivity contribution in [3.05, 3.63) is 29.6 Å². The second kappa shape index (κ2) is 5.83. The van der Waals surface area contributed by atoms with Crippen molar-refractivity contribution in [2.24, 2.45) is 0 Å². The van der Waals surface area contributed by atoms with Gasteiger partial charge in [0.2, 0.25) is 0 Å². The summed E-state index contributed by atoms with van der Waals surface area (Å²) in [5.41, 5.74) is 0.804. The normalized spacial score (nSPS) is 9.88. The molecule has 5 heteroatoms. The van der Waals surface area contributed by atoms with E-state index in [9.17, 15) is 4.79 Å². The van der Waals surface area contributed by atoms with Crippen molar-refractivity contribution < 1.29 is 4.79 Å². The lowest BCUT2D eigenvalue weighted by Crippen LogP contribution is -2.31. The molecule has 1 N–H and O–H groups in total. The predicted octanol–water partition coefficient (Wildman–Crippen LogP) is 0.245. The average Bonchev–Trinajstić information content (AvgIpc) is 2.28. The third-order valence-corrected chi connectivity index (χ3v) is 1.97. The van der Waals surface area contributed by atoms with Crippen molar-refractivity contribution in [2.75, 3.05) is 27.2 Å². The minimum atomic E-state index is -0.202. The molecule has 1 amide bonds. The summed E-state index contributed by atoms with van der Waals surface area (Å²) in [6, 6.07) is 3.47. The van der Waals surface area contributed by atoms with E-state index < -0.39 is 0 Å². The Hall–Kier alpha value is -1.93. The number of carbonyl (C=O) groups is 1. The molecule has 1 aromatic heterocycles. The number of aromatic nitrogens is 1. The third kappa shape index (κ3) is 3.67. The predicted molar refractivity (Wildman–Crippen MR) is 59.8 cm³/mol. The molecule has 84 valence electrons. The first-order valence-electron chi connectivity index (χ1n) is 4.91. The summed E-state index contributed by atoms with van der Waals surface area (Å²) >= 11 is 0. The maximum Gasteiger partial charge on any atom is 0.252 e. The second-order valence-electron chi connectivity index (χ2n) is 3.63. The van der Waals surface area contributed by atoms with E-state index in [0.29, 0.717) is 17.7 Å². The number of nitriles is 1. The molecule has 0 fully saturated rings. The Morgan fingerprint density at radius 1 is 1.56 bits per heavy atom. The smallest absolute Gasteiger partial charge is 0.252 e. The van der Waals surface area contributed by atoms with E-state index in [2.05, 4.69) is 10.3 Å². The van der Waals surface area contributed by atoms with Crippen LogP contribution in [0.5, 0.6) is 0 Å². The lowest BCUT2D eigenvalue weighted by Gasteiger charge is -2.10. The minimum Gasteiger partial charge on any atom is -0.351 e. The standard InChI is InChI=1S/C11H14N4O/c1-15(2)4-3-14-11(16)10-5-9(6-12)7-13-8-10/h5,7-8H,3-4H2,1-2H3,(H,14,16). The summed E-state index contributed by atoms with van der Waals surface area (Å²) in [7, 11) is 3.87. The number of hydrogen-bond acceptors (Lipinski definition) is 4. The number of carbonyl (C=O) groups excluding carboxylic acids is 1. The second-order valence-corrected chi connectivity index (χ2v) is 3.63. The number of nitrogens with one attached hydrogen (secondary N) is 1. The minimum absolute atomic E-state index is 0.202. The SMILES string of the molecule is CN(C)CCNC(=O)c1cncc(C#N)c1. The molecular formula is C11H14N4O. The molecule has 0 aliphatic carbocycles. The molecule has 1 rings (SSSR count). The maximum atomic E-state index is 11.6. The zero-order chi connectivity index (χ0) is 12.0. The molecule has 0 saturated carbocycles. The van der Waals surface area contributed by atoms with E-state index >= 15 is 0 Å². The van der Waals surface area contributed by atoms with Gasteiger partial charge in [0.25, 0.3) is 5.91 Å². The molecule has 1 heterocycles. The van der Waals surface area contributed by atoms with E-state index in [4.69, 9.17) is 5.26 Å². The molecule has 0 aromatic carbocycles. The fraction of sp³-hybridized carbons (Fsp3) is 0.364. The summed E-state index contributed by atoms with van der Waals surface area (Å²) in [5, 5.41) is 11.4. The molecule has 0 spiro atoms. The lowest BCUT2D eigenvalue weighted by molar-refractivity contribution is 0.0950. The van der Waals surface area contributed by atoms with E-state index in [1.165, 1.54) is 18.5 Å². The van der Waals surface area contributed by atoms with E-state index in [1.54, 1.807) is 0 Å². The zero-order valence-electron chi connectivity index (χ0n) is 9.40. The number of nitrogens with zero attached hydrogens (tertiary/aromatic N) is 3. The monoisotopic (exact) mass is 218 g/mol. The Morgan fingerprint density at radius 2 is 2.31 bits per heavy atom. The van der Waals surface area contributed by atoms with Gasteiger partial charge < -0.3 is 10.2 Å². The van der Waals surface area contributed by atoms with Crippen LogP contribution in [0.3, 0.4) is 0 Å². The molecule has 0 radical (unpaired) electrons. The molecule has 0 atom stereocenters. The Morgan fingerprint density at radius 3 is 2.94 bits per heavy atom. The van der Waals surface area contributed by atoms with Crippen LogP contribution in [0.4, 0.5) is 0 Å². The highest BCUT2D eigenvalue weighted by Crippen LogP contribution is 2.00. The third-order valence-electron chi connectivity index (χ3n) is 1.97. The molecule has 0 bridgehead atoms. The van der Waals surface area contributed by atoms with Crippen LogP contribution in [0.1, 0.15) is 15.9 Å². The van der Waals surface area contributed by atoms with Gasteiger partial charge in [0, 0.05) is 25.5 Å². The highest BCUT2D eigenvalue weighted by Gasteiger charge is 2.06. The summed E-state index contributed by atoms with van der Waals surface area (Å²) in [6.07, 6.45) is 2.88. The number of rotatable bonds is 4. The molecular weight excluding hydrogens is 204 g/mol. The van der Waals surface area contributed by atoms with E-state index in [0.717, 1.165) is 6.54 Å². The van der Waals surface area contributed by atoms with Crippen molar-refractivity contribution >= 4 is 5.91 Å². The quantitative estimate of drug-likeness (QED) is 0.786. The molecule has 16 heavy (non-hydrogen) atoms. The molecule has 1 aromatic rings.